The van der Waals surface area contributed by atoms with Crippen LogP contribution in [0.15, 0.2) is 12.3 Å². The van der Waals surface area contributed by atoms with Gasteiger partial charge in [-0.1, -0.05) is 11.6 Å². The first-order valence-electron chi connectivity index (χ1n) is 3.85. The summed E-state index contributed by atoms with van der Waals surface area (Å²) in [6.07, 6.45) is 1.46. The van der Waals surface area contributed by atoms with Gasteiger partial charge in [-0.2, -0.15) is 0 Å². The monoisotopic (exact) mass is 216 g/mol. The number of amides is 1. The van der Waals surface area contributed by atoms with Gasteiger partial charge in [-0.15, -0.1) is 0 Å². The van der Waals surface area contributed by atoms with Crippen molar-refractivity contribution in [2.24, 2.45) is 0 Å². The van der Waals surface area contributed by atoms with Gasteiger partial charge in [0.1, 0.15) is 5.69 Å². The molecule has 6 heteroatoms. The third-order valence-corrected chi connectivity index (χ3v) is 1.70. The minimum absolute atomic E-state index is 0.221. The highest BCUT2D eigenvalue weighted by Gasteiger charge is 2.10. The van der Waals surface area contributed by atoms with E-state index in [1.54, 1.807) is 0 Å². The summed E-state index contributed by atoms with van der Waals surface area (Å²) in [7, 11) is 1.46. The molecule has 0 spiro atoms. The van der Waals surface area contributed by atoms with E-state index in [2.05, 4.69) is 15.0 Å². The fourth-order valence-corrected chi connectivity index (χ4v) is 0.930. The maximum Gasteiger partial charge on any atom is 0.355 e. The van der Waals surface area contributed by atoms with Crippen molar-refractivity contribution in [2.75, 3.05) is 13.7 Å². The standard InChI is InChI=1S/C8H9ClN2O3/c1-10-7(12)4-14-8(13)6-2-5(9)3-11-6/h2-3,11H,4H2,1H3,(H,10,12). The molecule has 76 valence electrons. The highest BCUT2D eigenvalue weighted by molar-refractivity contribution is 6.30. The molecule has 0 atom stereocenters. The zero-order valence-corrected chi connectivity index (χ0v) is 8.22. The number of likely N-dealkylation sites (N-methyl/N-ethyl adjacent to an activating group) is 1. The quantitative estimate of drug-likeness (QED) is 0.726. The second-order valence-corrected chi connectivity index (χ2v) is 2.92. The van der Waals surface area contributed by atoms with Crippen molar-refractivity contribution < 1.29 is 14.3 Å². The molecule has 0 radical (unpaired) electrons. The average molecular weight is 217 g/mol. The van der Waals surface area contributed by atoms with E-state index in [1.807, 2.05) is 0 Å². The number of ether oxygens (including phenoxy) is 1. The number of halogens is 1. The highest BCUT2D eigenvalue weighted by Crippen LogP contribution is 2.09. The summed E-state index contributed by atoms with van der Waals surface area (Å²) < 4.78 is 4.65. The lowest BCUT2D eigenvalue weighted by atomic mass is 10.4. The Kier molecular flexibility index (Phi) is 3.53. The van der Waals surface area contributed by atoms with Crippen LogP contribution in [0.25, 0.3) is 0 Å². The number of H-pyrrole nitrogens is 1. The van der Waals surface area contributed by atoms with Crippen LogP contribution in [0.3, 0.4) is 0 Å². The van der Waals surface area contributed by atoms with E-state index in [1.165, 1.54) is 19.3 Å². The topological polar surface area (TPSA) is 71.2 Å². The van der Waals surface area contributed by atoms with E-state index < -0.39 is 5.97 Å². The smallest absolute Gasteiger partial charge is 0.355 e. The minimum atomic E-state index is -0.611. The molecule has 1 heterocycles. The lowest BCUT2D eigenvalue weighted by molar-refractivity contribution is -0.123. The number of carbonyl (C=O) groups is 2. The van der Waals surface area contributed by atoms with E-state index in [0.29, 0.717) is 5.02 Å². The van der Waals surface area contributed by atoms with Crippen LogP contribution < -0.4 is 5.32 Å². The van der Waals surface area contributed by atoms with Gasteiger partial charge in [0, 0.05) is 13.2 Å². The van der Waals surface area contributed by atoms with Crippen molar-refractivity contribution in [3.05, 3.63) is 23.0 Å². The van der Waals surface area contributed by atoms with Crippen molar-refractivity contribution >= 4 is 23.5 Å². The molecule has 0 unspecified atom stereocenters. The second kappa shape index (κ2) is 4.66. The zero-order chi connectivity index (χ0) is 10.6. The Bertz CT molecular complexity index is 348. The van der Waals surface area contributed by atoms with Gasteiger partial charge in [0.05, 0.1) is 5.02 Å². The lowest BCUT2D eigenvalue weighted by Crippen LogP contribution is -2.25. The number of nitrogens with one attached hydrogen (secondary N) is 2. The molecule has 0 aliphatic carbocycles. The van der Waals surface area contributed by atoms with Crippen LogP contribution >= 0.6 is 11.6 Å². The third kappa shape index (κ3) is 2.77. The maximum atomic E-state index is 11.2. The van der Waals surface area contributed by atoms with Crippen LogP contribution in [0, 0.1) is 0 Å². The molecule has 1 aromatic heterocycles. The first-order chi connectivity index (χ1) is 6.63. The van der Waals surface area contributed by atoms with E-state index in [4.69, 9.17) is 11.6 Å². The van der Waals surface area contributed by atoms with Gasteiger partial charge >= 0.3 is 5.97 Å². The van der Waals surface area contributed by atoms with Crippen LogP contribution in [0.5, 0.6) is 0 Å². The fraction of sp³-hybridized carbons (Fsp3) is 0.250. The van der Waals surface area contributed by atoms with Crippen LogP contribution in [0.4, 0.5) is 0 Å². The molecule has 5 nitrogen and oxygen atoms in total. The Balaban J connectivity index is 2.47. The van der Waals surface area contributed by atoms with Crippen LogP contribution in [-0.2, 0) is 9.53 Å². The molecule has 1 amide bonds. The summed E-state index contributed by atoms with van der Waals surface area (Å²) in [6.45, 7) is -0.300. The molecule has 0 aromatic carbocycles. The van der Waals surface area contributed by atoms with Crippen molar-refractivity contribution in [3.8, 4) is 0 Å². The number of aromatic amines is 1. The van der Waals surface area contributed by atoms with Gasteiger partial charge in [-0.3, -0.25) is 4.79 Å². The predicted molar refractivity (Wildman–Crippen MR) is 50.2 cm³/mol. The molecule has 0 saturated carbocycles. The number of hydrogen-bond donors (Lipinski definition) is 2. The maximum absolute atomic E-state index is 11.2. The molecule has 0 saturated heterocycles. The van der Waals surface area contributed by atoms with Crippen molar-refractivity contribution in [1.82, 2.24) is 10.3 Å². The highest BCUT2D eigenvalue weighted by atomic mass is 35.5. The van der Waals surface area contributed by atoms with Crippen molar-refractivity contribution in [2.45, 2.75) is 0 Å². The van der Waals surface area contributed by atoms with Gasteiger partial charge in [0.2, 0.25) is 0 Å². The Morgan fingerprint density at radius 1 is 1.64 bits per heavy atom. The predicted octanol–water partition coefficient (Wildman–Crippen LogP) is 0.571. The molecule has 0 aliphatic rings. The first kappa shape index (κ1) is 10.6. The summed E-state index contributed by atoms with van der Waals surface area (Å²) in [5, 5.41) is 2.74. The second-order valence-electron chi connectivity index (χ2n) is 2.48. The van der Waals surface area contributed by atoms with Crippen LogP contribution in [0.2, 0.25) is 5.02 Å². The van der Waals surface area contributed by atoms with E-state index >= 15 is 0 Å². The number of carbonyl (C=O) groups excluding carboxylic acids is 2. The zero-order valence-electron chi connectivity index (χ0n) is 7.46. The molecule has 0 bridgehead atoms. The SMILES string of the molecule is CNC(=O)COC(=O)c1cc(Cl)c[nH]1. The number of esters is 1. The molecule has 0 fully saturated rings. The third-order valence-electron chi connectivity index (χ3n) is 1.48. The molecular weight excluding hydrogens is 208 g/mol. The molecule has 0 aliphatic heterocycles. The summed E-state index contributed by atoms with van der Waals surface area (Å²) in [5.41, 5.74) is 0.221. The van der Waals surface area contributed by atoms with Crippen molar-refractivity contribution in [1.29, 1.82) is 0 Å². The molecular formula is C8H9ClN2O3. The number of hydrogen-bond acceptors (Lipinski definition) is 3. The average Bonchev–Trinajstić information content (AvgIpc) is 2.60. The number of aromatic nitrogens is 1. The van der Waals surface area contributed by atoms with E-state index in [-0.39, 0.29) is 18.2 Å². The Morgan fingerprint density at radius 2 is 2.36 bits per heavy atom. The van der Waals surface area contributed by atoms with Gasteiger partial charge in [-0.25, -0.2) is 4.79 Å². The summed E-state index contributed by atoms with van der Waals surface area (Å²) >= 11 is 5.58. The van der Waals surface area contributed by atoms with E-state index in [0.717, 1.165) is 0 Å². The summed E-state index contributed by atoms with van der Waals surface area (Å²) in [6, 6.07) is 1.42. The van der Waals surface area contributed by atoms with Gasteiger partial charge in [0.15, 0.2) is 6.61 Å². The molecule has 14 heavy (non-hydrogen) atoms. The largest absolute Gasteiger partial charge is 0.451 e. The summed E-state index contributed by atoms with van der Waals surface area (Å²) in [4.78, 5) is 24.5. The fourth-order valence-electron chi connectivity index (χ4n) is 0.767. The Hall–Kier alpha value is -1.49. The van der Waals surface area contributed by atoms with Crippen LogP contribution in [-0.4, -0.2) is 30.5 Å². The normalized spacial score (nSPS) is 9.57. The summed E-state index contributed by atoms with van der Waals surface area (Å²) in [5.74, 6) is -0.975. The van der Waals surface area contributed by atoms with Crippen molar-refractivity contribution in [3.63, 3.8) is 0 Å². The van der Waals surface area contributed by atoms with Crippen LogP contribution in [0.1, 0.15) is 10.5 Å². The molecule has 1 rings (SSSR count). The molecule has 1 aromatic rings. The van der Waals surface area contributed by atoms with Gasteiger partial charge in [-0.05, 0) is 6.07 Å². The van der Waals surface area contributed by atoms with Gasteiger partial charge in [0.25, 0.3) is 5.91 Å². The number of rotatable bonds is 3. The molecule has 2 N–H and O–H groups in total. The minimum Gasteiger partial charge on any atom is -0.451 e. The van der Waals surface area contributed by atoms with Gasteiger partial charge < -0.3 is 15.0 Å². The Morgan fingerprint density at radius 3 is 2.86 bits per heavy atom. The lowest BCUT2D eigenvalue weighted by Gasteiger charge is -2.01. The van der Waals surface area contributed by atoms with E-state index in [9.17, 15) is 9.59 Å². The Labute approximate surface area is 85.4 Å². The first-order valence-corrected chi connectivity index (χ1v) is 4.23.